The van der Waals surface area contributed by atoms with Gasteiger partial charge in [-0.1, -0.05) is 6.07 Å². The molecule has 0 radical (unpaired) electrons. The van der Waals surface area contributed by atoms with E-state index in [1.165, 1.54) is 0 Å². The van der Waals surface area contributed by atoms with Gasteiger partial charge in [-0.25, -0.2) is 0 Å². The van der Waals surface area contributed by atoms with Crippen LogP contribution in [0.15, 0.2) is 24.3 Å². The molecule has 0 fully saturated rings. The Bertz CT molecular complexity index is 460. The molecule has 0 aliphatic heterocycles. The molecule has 0 aliphatic carbocycles. The summed E-state index contributed by atoms with van der Waals surface area (Å²) < 4.78 is 14.5. The molecule has 1 amide bonds. The molecule has 0 aromatic heterocycles. The molecule has 0 spiro atoms. The van der Waals surface area contributed by atoms with Crippen molar-refractivity contribution in [3.05, 3.63) is 24.3 Å². The molecule has 0 unspecified atom stereocenters. The van der Waals surface area contributed by atoms with Crippen LogP contribution in [0.5, 0.6) is 0 Å². The number of hydrogen-bond donors (Lipinski definition) is 3. The maximum Gasteiger partial charge on any atom is 0.224 e. The summed E-state index contributed by atoms with van der Waals surface area (Å²) in [5, 5.41) is 2.81. The second-order valence-corrected chi connectivity index (χ2v) is 7.96. The maximum atomic E-state index is 11.7. The molecule has 5 nitrogen and oxygen atoms in total. The minimum absolute atomic E-state index is 0.0301. The van der Waals surface area contributed by atoms with E-state index in [9.17, 15) is 9.35 Å². The molecule has 0 saturated carbocycles. The molecule has 6 heteroatoms. The van der Waals surface area contributed by atoms with Gasteiger partial charge >= 0.3 is 0 Å². The van der Waals surface area contributed by atoms with E-state index in [4.69, 9.17) is 5.73 Å². The van der Waals surface area contributed by atoms with E-state index in [1.807, 2.05) is 26.8 Å². The molecule has 1 aromatic rings. The van der Waals surface area contributed by atoms with E-state index in [2.05, 4.69) is 10.0 Å². The van der Waals surface area contributed by atoms with Crippen molar-refractivity contribution in [2.45, 2.75) is 44.8 Å². The number of anilines is 2. The molecule has 0 aliphatic rings. The third-order valence-electron chi connectivity index (χ3n) is 2.79. The molecular weight excluding hydrogens is 286 g/mol. The highest BCUT2D eigenvalue weighted by molar-refractivity contribution is 7.90. The van der Waals surface area contributed by atoms with Gasteiger partial charge in [0, 0.05) is 35.7 Å². The lowest BCUT2D eigenvalue weighted by atomic mass is 10.2. The molecule has 21 heavy (non-hydrogen) atoms. The molecule has 1 aromatic carbocycles. The Balaban J connectivity index is 2.17. The van der Waals surface area contributed by atoms with E-state index in [0.717, 1.165) is 12.8 Å². The van der Waals surface area contributed by atoms with Gasteiger partial charge in [0.15, 0.2) is 0 Å². The first-order chi connectivity index (χ1) is 9.79. The fraction of sp³-hybridized carbons (Fsp3) is 0.533. The van der Waals surface area contributed by atoms with Crippen molar-refractivity contribution in [1.82, 2.24) is 4.72 Å². The predicted octanol–water partition coefficient (Wildman–Crippen LogP) is 2.43. The number of nitrogen functional groups attached to an aromatic ring is 1. The standard InChI is InChI=1S/C15H25N3O2S/c1-15(2,3)21(20)17-10-5-4-9-14(19)18-13-8-6-7-12(16)11-13/h6-8,11,17H,4-5,9-10,16H2,1-3H3,(H,18,19)/t21-/m0/s1. The van der Waals surface area contributed by atoms with Crippen LogP contribution in [0.25, 0.3) is 0 Å². The second-order valence-electron chi connectivity index (χ2n) is 5.91. The molecule has 0 bridgehead atoms. The van der Waals surface area contributed by atoms with Crippen LogP contribution in [0.2, 0.25) is 0 Å². The van der Waals surface area contributed by atoms with Crippen LogP contribution in [-0.4, -0.2) is 21.8 Å². The SMILES string of the molecule is CC(C)(C)[S@+]([O-])NCCCCC(=O)Nc1cccc(N)c1. The van der Waals surface area contributed by atoms with Gasteiger partial charge in [-0.2, -0.15) is 0 Å². The highest BCUT2D eigenvalue weighted by atomic mass is 32.2. The lowest BCUT2D eigenvalue weighted by molar-refractivity contribution is -0.116. The number of unbranched alkanes of at least 4 members (excludes halogenated alkanes) is 1. The lowest BCUT2D eigenvalue weighted by Gasteiger charge is -2.23. The fourth-order valence-electron chi connectivity index (χ4n) is 1.63. The topological polar surface area (TPSA) is 90.2 Å². The van der Waals surface area contributed by atoms with E-state index in [0.29, 0.717) is 24.3 Å². The minimum atomic E-state index is -1.05. The van der Waals surface area contributed by atoms with Crippen LogP contribution in [0, 0.1) is 0 Å². The van der Waals surface area contributed by atoms with E-state index in [-0.39, 0.29) is 10.7 Å². The third kappa shape index (κ3) is 7.36. The zero-order valence-corrected chi connectivity index (χ0v) is 13.8. The van der Waals surface area contributed by atoms with Crippen molar-refractivity contribution in [1.29, 1.82) is 0 Å². The van der Waals surface area contributed by atoms with Crippen molar-refractivity contribution < 1.29 is 9.35 Å². The van der Waals surface area contributed by atoms with Crippen molar-refractivity contribution >= 4 is 28.6 Å². The molecule has 1 rings (SSSR count). The number of nitrogens with one attached hydrogen (secondary N) is 2. The minimum Gasteiger partial charge on any atom is -0.598 e. The summed E-state index contributed by atoms with van der Waals surface area (Å²) in [5.41, 5.74) is 6.99. The average Bonchev–Trinajstić information content (AvgIpc) is 2.36. The van der Waals surface area contributed by atoms with Crippen molar-refractivity contribution in [2.75, 3.05) is 17.6 Å². The smallest absolute Gasteiger partial charge is 0.224 e. The summed E-state index contributed by atoms with van der Waals surface area (Å²) in [6.07, 6.45) is 2.01. The first-order valence-corrected chi connectivity index (χ1v) is 8.25. The largest absolute Gasteiger partial charge is 0.598 e. The normalized spacial score (nSPS) is 13.0. The first-order valence-electron chi connectivity index (χ1n) is 7.10. The zero-order valence-electron chi connectivity index (χ0n) is 12.9. The quantitative estimate of drug-likeness (QED) is 0.410. The maximum absolute atomic E-state index is 11.7. The number of amides is 1. The lowest BCUT2D eigenvalue weighted by Crippen LogP contribution is -2.39. The number of rotatable bonds is 7. The van der Waals surface area contributed by atoms with Crippen LogP contribution < -0.4 is 15.8 Å². The Morgan fingerprint density at radius 1 is 1.33 bits per heavy atom. The Hall–Kier alpha value is -1.24. The first kappa shape index (κ1) is 17.8. The van der Waals surface area contributed by atoms with Gasteiger partial charge in [-0.15, -0.1) is 4.72 Å². The van der Waals surface area contributed by atoms with Crippen LogP contribution in [0.1, 0.15) is 40.0 Å². The van der Waals surface area contributed by atoms with Crippen molar-refractivity contribution in [2.24, 2.45) is 0 Å². The number of nitrogens with two attached hydrogens (primary N) is 1. The Kier molecular flexibility index (Phi) is 7.01. The highest BCUT2D eigenvalue weighted by Crippen LogP contribution is 2.14. The predicted molar refractivity (Wildman–Crippen MR) is 89.2 cm³/mol. The fourth-order valence-corrected chi connectivity index (χ4v) is 2.39. The van der Waals surface area contributed by atoms with Crippen LogP contribution in [-0.2, 0) is 16.2 Å². The number of carbonyl (C=O) groups is 1. The molecule has 0 heterocycles. The Labute approximate surface area is 130 Å². The Morgan fingerprint density at radius 2 is 2.05 bits per heavy atom. The Morgan fingerprint density at radius 3 is 2.67 bits per heavy atom. The molecule has 1 atom stereocenters. The van der Waals surface area contributed by atoms with E-state index >= 15 is 0 Å². The number of benzene rings is 1. The number of carbonyl (C=O) groups excluding carboxylic acids is 1. The summed E-state index contributed by atoms with van der Waals surface area (Å²) in [7, 11) is 0. The number of hydrogen-bond acceptors (Lipinski definition) is 4. The van der Waals surface area contributed by atoms with Gasteiger partial charge in [0.25, 0.3) is 0 Å². The molecule has 118 valence electrons. The van der Waals surface area contributed by atoms with Crippen LogP contribution in [0.4, 0.5) is 11.4 Å². The average molecular weight is 311 g/mol. The molecule has 0 saturated heterocycles. The second kappa shape index (κ2) is 8.26. The third-order valence-corrected chi connectivity index (χ3v) is 4.37. The van der Waals surface area contributed by atoms with Crippen LogP contribution >= 0.6 is 0 Å². The highest BCUT2D eigenvalue weighted by Gasteiger charge is 2.25. The van der Waals surface area contributed by atoms with Gasteiger partial charge in [-0.05, 0) is 51.8 Å². The van der Waals surface area contributed by atoms with Crippen molar-refractivity contribution in [3.8, 4) is 0 Å². The summed E-state index contributed by atoms with van der Waals surface area (Å²) in [4.78, 5) is 11.7. The monoisotopic (exact) mass is 311 g/mol. The molecular formula is C15H25N3O2S. The summed E-state index contributed by atoms with van der Waals surface area (Å²) in [6.45, 7) is 6.43. The van der Waals surface area contributed by atoms with Gasteiger partial charge in [0.2, 0.25) is 5.91 Å². The summed E-state index contributed by atoms with van der Waals surface area (Å²) in [5.74, 6) is -0.0301. The van der Waals surface area contributed by atoms with Gasteiger partial charge < -0.3 is 15.6 Å². The zero-order chi connectivity index (χ0) is 15.9. The van der Waals surface area contributed by atoms with E-state index < -0.39 is 11.4 Å². The summed E-state index contributed by atoms with van der Waals surface area (Å²) >= 11 is -1.05. The van der Waals surface area contributed by atoms with Gasteiger partial charge in [0.05, 0.1) is 0 Å². The van der Waals surface area contributed by atoms with Gasteiger partial charge in [0.1, 0.15) is 4.75 Å². The van der Waals surface area contributed by atoms with E-state index in [1.54, 1.807) is 18.2 Å². The summed E-state index contributed by atoms with van der Waals surface area (Å²) in [6, 6.07) is 7.11. The van der Waals surface area contributed by atoms with Crippen molar-refractivity contribution in [3.63, 3.8) is 0 Å². The molecule has 4 N–H and O–H groups in total. The van der Waals surface area contributed by atoms with Crippen LogP contribution in [0.3, 0.4) is 0 Å². The van der Waals surface area contributed by atoms with Gasteiger partial charge in [-0.3, -0.25) is 4.79 Å².